The van der Waals surface area contributed by atoms with E-state index in [0.29, 0.717) is 6.42 Å². The summed E-state index contributed by atoms with van der Waals surface area (Å²) in [5.74, 6) is 0.110. The van der Waals surface area contributed by atoms with Gasteiger partial charge < -0.3 is 10.6 Å². The smallest absolute Gasteiger partial charge is 0.222 e. The van der Waals surface area contributed by atoms with Crippen molar-refractivity contribution in [3.8, 4) is 0 Å². The standard InChI is InChI=1S/C14H24N2OS/c1-6-15-9(2)7-14(17)16-11(4)13-8-10(3)18-12(13)5/h8-9,11,15H,6-7H2,1-5H3,(H,16,17). The van der Waals surface area contributed by atoms with Gasteiger partial charge >= 0.3 is 0 Å². The molecular formula is C14H24N2OS. The molecule has 0 aliphatic carbocycles. The molecule has 2 unspecified atom stereocenters. The Labute approximate surface area is 114 Å². The lowest BCUT2D eigenvalue weighted by molar-refractivity contribution is -0.122. The van der Waals surface area contributed by atoms with E-state index >= 15 is 0 Å². The van der Waals surface area contributed by atoms with Crippen LogP contribution in [0.2, 0.25) is 0 Å². The Balaban J connectivity index is 2.52. The summed E-state index contributed by atoms with van der Waals surface area (Å²) in [6.07, 6.45) is 0.528. The van der Waals surface area contributed by atoms with Gasteiger partial charge in [-0.05, 0) is 45.9 Å². The third-order valence-corrected chi connectivity index (χ3v) is 3.95. The summed E-state index contributed by atoms with van der Waals surface area (Å²) in [6, 6.07) is 2.49. The number of carbonyl (C=O) groups excluding carboxylic acids is 1. The highest BCUT2D eigenvalue weighted by Crippen LogP contribution is 2.26. The molecule has 0 radical (unpaired) electrons. The van der Waals surface area contributed by atoms with Crippen LogP contribution in [0.1, 0.15) is 48.6 Å². The largest absolute Gasteiger partial charge is 0.349 e. The van der Waals surface area contributed by atoms with Crippen LogP contribution < -0.4 is 10.6 Å². The fourth-order valence-corrected chi connectivity index (χ4v) is 3.18. The Hall–Kier alpha value is -0.870. The maximum Gasteiger partial charge on any atom is 0.222 e. The molecule has 1 aromatic rings. The maximum absolute atomic E-state index is 11.9. The van der Waals surface area contributed by atoms with Crippen molar-refractivity contribution >= 4 is 17.2 Å². The number of rotatable bonds is 6. The van der Waals surface area contributed by atoms with Gasteiger partial charge in [-0.2, -0.15) is 0 Å². The van der Waals surface area contributed by atoms with Gasteiger partial charge in [-0.3, -0.25) is 4.79 Å². The normalized spacial score (nSPS) is 14.3. The van der Waals surface area contributed by atoms with Gasteiger partial charge in [0.05, 0.1) is 6.04 Å². The minimum absolute atomic E-state index is 0.0938. The van der Waals surface area contributed by atoms with Crippen LogP contribution in [0.25, 0.3) is 0 Å². The number of thiophene rings is 1. The van der Waals surface area contributed by atoms with Crippen LogP contribution in [0.3, 0.4) is 0 Å². The highest BCUT2D eigenvalue weighted by molar-refractivity contribution is 7.12. The van der Waals surface area contributed by atoms with Gasteiger partial charge in [-0.25, -0.2) is 0 Å². The van der Waals surface area contributed by atoms with Crippen molar-refractivity contribution in [3.05, 3.63) is 21.4 Å². The average Bonchev–Trinajstić information content (AvgIpc) is 2.57. The molecule has 3 nitrogen and oxygen atoms in total. The van der Waals surface area contributed by atoms with Crippen molar-refractivity contribution < 1.29 is 4.79 Å². The molecule has 0 bridgehead atoms. The Bertz CT molecular complexity index is 400. The SMILES string of the molecule is CCNC(C)CC(=O)NC(C)c1cc(C)sc1C. The van der Waals surface area contributed by atoms with E-state index < -0.39 is 0 Å². The highest BCUT2D eigenvalue weighted by Gasteiger charge is 2.15. The molecule has 1 aromatic heterocycles. The summed E-state index contributed by atoms with van der Waals surface area (Å²) in [5, 5.41) is 6.31. The minimum Gasteiger partial charge on any atom is -0.349 e. The first-order chi connectivity index (χ1) is 8.43. The predicted molar refractivity (Wildman–Crippen MR) is 78.1 cm³/mol. The second-order valence-electron chi connectivity index (χ2n) is 4.82. The molecule has 102 valence electrons. The number of aryl methyl sites for hydroxylation is 2. The molecule has 0 aromatic carbocycles. The van der Waals surface area contributed by atoms with Crippen molar-refractivity contribution in [1.82, 2.24) is 10.6 Å². The molecule has 4 heteroatoms. The third-order valence-electron chi connectivity index (χ3n) is 2.97. The van der Waals surface area contributed by atoms with Crippen molar-refractivity contribution in [2.24, 2.45) is 0 Å². The summed E-state index contributed by atoms with van der Waals surface area (Å²) in [5.41, 5.74) is 1.24. The van der Waals surface area contributed by atoms with Gasteiger partial charge in [0, 0.05) is 22.2 Å². The van der Waals surface area contributed by atoms with Crippen LogP contribution in [0.4, 0.5) is 0 Å². The summed E-state index contributed by atoms with van der Waals surface area (Å²) in [4.78, 5) is 14.5. The fourth-order valence-electron chi connectivity index (χ4n) is 2.16. The first-order valence-electron chi connectivity index (χ1n) is 6.53. The predicted octanol–water partition coefficient (Wildman–Crippen LogP) is 2.93. The highest BCUT2D eigenvalue weighted by atomic mass is 32.1. The summed E-state index contributed by atoms with van der Waals surface area (Å²) < 4.78 is 0. The zero-order chi connectivity index (χ0) is 13.7. The van der Waals surface area contributed by atoms with E-state index in [1.807, 2.05) is 13.8 Å². The molecule has 0 aliphatic heterocycles. The van der Waals surface area contributed by atoms with Crippen LogP contribution >= 0.6 is 11.3 Å². The summed E-state index contributed by atoms with van der Waals surface area (Å²) in [7, 11) is 0. The second kappa shape index (κ2) is 6.90. The van der Waals surface area contributed by atoms with E-state index in [1.54, 1.807) is 11.3 Å². The molecule has 0 spiro atoms. The Morgan fingerprint density at radius 2 is 2.06 bits per heavy atom. The van der Waals surface area contributed by atoms with Crippen LogP contribution in [-0.2, 0) is 4.79 Å². The van der Waals surface area contributed by atoms with Gasteiger partial charge in [0.25, 0.3) is 0 Å². The van der Waals surface area contributed by atoms with E-state index in [0.717, 1.165) is 6.54 Å². The van der Waals surface area contributed by atoms with Crippen molar-refractivity contribution in [3.63, 3.8) is 0 Å². The topological polar surface area (TPSA) is 41.1 Å². The van der Waals surface area contributed by atoms with Gasteiger partial charge in [0.2, 0.25) is 5.91 Å². The number of hydrogen-bond donors (Lipinski definition) is 2. The molecule has 2 N–H and O–H groups in total. The first kappa shape index (κ1) is 15.2. The molecule has 1 rings (SSSR count). The third kappa shape index (κ3) is 4.42. The van der Waals surface area contributed by atoms with E-state index in [4.69, 9.17) is 0 Å². The lowest BCUT2D eigenvalue weighted by atomic mass is 10.1. The van der Waals surface area contributed by atoms with E-state index in [9.17, 15) is 4.79 Å². The number of amides is 1. The average molecular weight is 268 g/mol. The molecule has 0 aliphatic rings. The Morgan fingerprint density at radius 1 is 1.39 bits per heavy atom. The van der Waals surface area contributed by atoms with Crippen LogP contribution in [0, 0.1) is 13.8 Å². The van der Waals surface area contributed by atoms with Gasteiger partial charge in [-0.1, -0.05) is 6.92 Å². The molecule has 2 atom stereocenters. The van der Waals surface area contributed by atoms with Crippen molar-refractivity contribution in [1.29, 1.82) is 0 Å². The minimum atomic E-state index is 0.0938. The monoisotopic (exact) mass is 268 g/mol. The first-order valence-corrected chi connectivity index (χ1v) is 7.35. The lowest BCUT2D eigenvalue weighted by Gasteiger charge is -2.16. The summed E-state index contributed by atoms with van der Waals surface area (Å²) >= 11 is 1.78. The molecule has 1 amide bonds. The fraction of sp³-hybridized carbons (Fsp3) is 0.643. The molecule has 18 heavy (non-hydrogen) atoms. The van der Waals surface area contributed by atoms with E-state index in [-0.39, 0.29) is 18.0 Å². The quantitative estimate of drug-likeness (QED) is 0.833. The second-order valence-corrected chi connectivity index (χ2v) is 6.28. The van der Waals surface area contributed by atoms with Gasteiger partial charge in [0.1, 0.15) is 0 Å². The van der Waals surface area contributed by atoms with Crippen LogP contribution in [0.15, 0.2) is 6.07 Å². The molecule has 0 fully saturated rings. The Morgan fingerprint density at radius 3 is 2.56 bits per heavy atom. The number of nitrogens with one attached hydrogen (secondary N) is 2. The Kier molecular flexibility index (Phi) is 5.82. The molecule has 1 heterocycles. The number of carbonyl (C=O) groups is 1. The molecular weight excluding hydrogens is 244 g/mol. The van der Waals surface area contributed by atoms with Crippen molar-refractivity contribution in [2.75, 3.05) is 6.54 Å². The zero-order valence-corrected chi connectivity index (χ0v) is 12.8. The zero-order valence-electron chi connectivity index (χ0n) is 12.0. The molecule has 0 saturated heterocycles. The van der Waals surface area contributed by atoms with Crippen LogP contribution in [-0.4, -0.2) is 18.5 Å². The van der Waals surface area contributed by atoms with Crippen LogP contribution in [0.5, 0.6) is 0 Å². The van der Waals surface area contributed by atoms with Crippen molar-refractivity contribution in [2.45, 2.75) is 53.1 Å². The van der Waals surface area contributed by atoms with E-state index in [2.05, 4.69) is 37.5 Å². The summed E-state index contributed by atoms with van der Waals surface area (Å²) in [6.45, 7) is 11.2. The molecule has 0 saturated carbocycles. The maximum atomic E-state index is 11.9. The van der Waals surface area contributed by atoms with Gasteiger partial charge in [-0.15, -0.1) is 11.3 Å². The van der Waals surface area contributed by atoms with E-state index in [1.165, 1.54) is 15.3 Å². The number of hydrogen-bond acceptors (Lipinski definition) is 3. The lowest BCUT2D eigenvalue weighted by Crippen LogP contribution is -2.34. The van der Waals surface area contributed by atoms with Gasteiger partial charge in [0.15, 0.2) is 0 Å².